The summed E-state index contributed by atoms with van der Waals surface area (Å²) in [6.45, 7) is 2.07. The van der Waals surface area contributed by atoms with E-state index in [0.29, 0.717) is 0 Å². The molecule has 0 aromatic heterocycles. The fraction of sp³-hybridized carbons (Fsp3) is 0.500. The molecule has 1 aromatic carbocycles. The van der Waals surface area contributed by atoms with Crippen LogP contribution in [-0.4, -0.2) is 19.3 Å². The SMILES string of the molecule is CCC(OC)C(Cc1ccccc1Cl)NN. The zero-order valence-corrected chi connectivity index (χ0v) is 10.5. The molecule has 2 unspecified atom stereocenters. The summed E-state index contributed by atoms with van der Waals surface area (Å²) >= 11 is 6.11. The van der Waals surface area contributed by atoms with E-state index in [2.05, 4.69) is 12.3 Å². The Hall–Kier alpha value is -0.610. The molecule has 0 radical (unpaired) electrons. The summed E-state index contributed by atoms with van der Waals surface area (Å²) in [5.41, 5.74) is 3.88. The Kier molecular flexibility index (Phi) is 5.77. The maximum absolute atomic E-state index is 6.11. The minimum atomic E-state index is 0.0786. The highest BCUT2D eigenvalue weighted by Gasteiger charge is 2.19. The molecule has 1 rings (SSSR count). The van der Waals surface area contributed by atoms with Gasteiger partial charge in [0.25, 0.3) is 0 Å². The second-order valence-electron chi connectivity index (χ2n) is 3.75. The van der Waals surface area contributed by atoms with Crippen LogP contribution in [0.15, 0.2) is 24.3 Å². The van der Waals surface area contributed by atoms with Gasteiger partial charge in [-0.1, -0.05) is 36.7 Å². The number of benzene rings is 1. The standard InChI is InChI=1S/C12H19ClN2O/c1-3-12(16-2)11(15-14)8-9-6-4-5-7-10(9)13/h4-7,11-12,15H,3,8,14H2,1-2H3. The van der Waals surface area contributed by atoms with Crippen LogP contribution in [0.2, 0.25) is 5.02 Å². The molecule has 16 heavy (non-hydrogen) atoms. The third-order valence-corrected chi connectivity index (χ3v) is 3.13. The number of hydrazine groups is 1. The van der Waals surface area contributed by atoms with Crippen molar-refractivity contribution in [3.05, 3.63) is 34.9 Å². The number of halogens is 1. The first-order chi connectivity index (χ1) is 7.72. The number of rotatable bonds is 6. The number of ether oxygens (including phenoxy) is 1. The van der Waals surface area contributed by atoms with Gasteiger partial charge in [-0.05, 0) is 24.5 Å². The first kappa shape index (κ1) is 13.5. The molecule has 0 amide bonds. The predicted molar refractivity (Wildman–Crippen MR) is 67.4 cm³/mol. The van der Waals surface area contributed by atoms with E-state index in [1.54, 1.807) is 7.11 Å². The van der Waals surface area contributed by atoms with Gasteiger partial charge in [-0.2, -0.15) is 0 Å². The molecule has 3 nitrogen and oxygen atoms in total. The molecule has 0 spiro atoms. The van der Waals surface area contributed by atoms with Crippen LogP contribution < -0.4 is 11.3 Å². The second-order valence-corrected chi connectivity index (χ2v) is 4.16. The van der Waals surface area contributed by atoms with E-state index in [4.69, 9.17) is 22.2 Å². The van der Waals surface area contributed by atoms with Crippen molar-refractivity contribution in [3.8, 4) is 0 Å². The van der Waals surface area contributed by atoms with Crippen molar-refractivity contribution in [2.24, 2.45) is 5.84 Å². The van der Waals surface area contributed by atoms with Crippen LogP contribution >= 0.6 is 11.6 Å². The predicted octanol–water partition coefficient (Wildman–Crippen LogP) is 2.14. The Morgan fingerprint density at radius 2 is 2.12 bits per heavy atom. The lowest BCUT2D eigenvalue weighted by atomic mass is 10.00. The maximum Gasteiger partial charge on any atom is 0.0738 e. The summed E-state index contributed by atoms with van der Waals surface area (Å²) < 4.78 is 5.38. The average Bonchev–Trinajstić information content (AvgIpc) is 2.31. The lowest BCUT2D eigenvalue weighted by Gasteiger charge is -2.24. The molecule has 0 aliphatic heterocycles. The molecule has 0 saturated carbocycles. The molecule has 4 heteroatoms. The van der Waals surface area contributed by atoms with Gasteiger partial charge >= 0.3 is 0 Å². The van der Waals surface area contributed by atoms with E-state index >= 15 is 0 Å². The summed E-state index contributed by atoms with van der Waals surface area (Å²) in [5, 5.41) is 0.772. The zero-order valence-electron chi connectivity index (χ0n) is 9.74. The lowest BCUT2D eigenvalue weighted by Crippen LogP contribution is -2.46. The average molecular weight is 243 g/mol. The van der Waals surface area contributed by atoms with E-state index in [0.717, 1.165) is 23.4 Å². The summed E-state index contributed by atoms with van der Waals surface area (Å²) in [5.74, 6) is 5.55. The quantitative estimate of drug-likeness (QED) is 0.594. The van der Waals surface area contributed by atoms with E-state index in [1.165, 1.54) is 0 Å². The zero-order chi connectivity index (χ0) is 12.0. The van der Waals surface area contributed by atoms with Crippen molar-refractivity contribution >= 4 is 11.6 Å². The summed E-state index contributed by atoms with van der Waals surface area (Å²) in [4.78, 5) is 0. The van der Waals surface area contributed by atoms with Crippen LogP contribution in [0.4, 0.5) is 0 Å². The van der Waals surface area contributed by atoms with Gasteiger partial charge in [-0.3, -0.25) is 11.3 Å². The highest BCUT2D eigenvalue weighted by atomic mass is 35.5. The Morgan fingerprint density at radius 3 is 2.62 bits per heavy atom. The summed E-state index contributed by atoms with van der Waals surface area (Å²) in [6, 6.07) is 7.87. The van der Waals surface area contributed by atoms with Gasteiger partial charge in [0.05, 0.1) is 12.1 Å². The highest BCUT2D eigenvalue weighted by Crippen LogP contribution is 2.18. The molecule has 0 bridgehead atoms. The van der Waals surface area contributed by atoms with E-state index in [-0.39, 0.29) is 12.1 Å². The number of nitrogens with one attached hydrogen (secondary N) is 1. The number of hydrogen-bond donors (Lipinski definition) is 2. The Labute approximate surface area is 102 Å². The summed E-state index contributed by atoms with van der Waals surface area (Å²) in [7, 11) is 1.70. The molecule has 90 valence electrons. The third-order valence-electron chi connectivity index (χ3n) is 2.77. The van der Waals surface area contributed by atoms with Crippen molar-refractivity contribution in [3.63, 3.8) is 0 Å². The lowest BCUT2D eigenvalue weighted by molar-refractivity contribution is 0.0654. The van der Waals surface area contributed by atoms with Crippen molar-refractivity contribution in [2.45, 2.75) is 31.9 Å². The number of methoxy groups -OCH3 is 1. The van der Waals surface area contributed by atoms with E-state index in [1.807, 2.05) is 24.3 Å². The topological polar surface area (TPSA) is 47.3 Å². The summed E-state index contributed by atoms with van der Waals surface area (Å²) in [6.07, 6.45) is 1.78. The molecule has 1 aromatic rings. The molecule has 3 N–H and O–H groups in total. The third kappa shape index (κ3) is 3.46. The molecule has 2 atom stereocenters. The van der Waals surface area contributed by atoms with Crippen LogP contribution in [0.25, 0.3) is 0 Å². The second kappa shape index (κ2) is 6.86. The van der Waals surface area contributed by atoms with Crippen molar-refractivity contribution in [1.29, 1.82) is 0 Å². The van der Waals surface area contributed by atoms with E-state index < -0.39 is 0 Å². The fourth-order valence-electron chi connectivity index (χ4n) is 1.81. The van der Waals surface area contributed by atoms with Gasteiger partial charge in [-0.15, -0.1) is 0 Å². The molecular formula is C12H19ClN2O. The largest absolute Gasteiger partial charge is 0.380 e. The van der Waals surface area contributed by atoms with Gasteiger partial charge in [0.2, 0.25) is 0 Å². The van der Waals surface area contributed by atoms with Crippen LogP contribution in [0.1, 0.15) is 18.9 Å². The first-order valence-corrected chi connectivity index (χ1v) is 5.83. The molecule has 0 aliphatic rings. The molecule has 0 heterocycles. The fourth-order valence-corrected chi connectivity index (χ4v) is 2.03. The van der Waals surface area contributed by atoms with Crippen molar-refractivity contribution < 1.29 is 4.74 Å². The van der Waals surface area contributed by atoms with Crippen molar-refractivity contribution in [1.82, 2.24) is 5.43 Å². The van der Waals surface area contributed by atoms with Gasteiger partial charge in [-0.25, -0.2) is 0 Å². The van der Waals surface area contributed by atoms with Gasteiger partial charge < -0.3 is 4.74 Å². The van der Waals surface area contributed by atoms with Crippen LogP contribution in [0, 0.1) is 0 Å². The number of nitrogens with two attached hydrogens (primary N) is 1. The Bertz CT molecular complexity index is 316. The Balaban J connectivity index is 2.73. The Morgan fingerprint density at radius 1 is 1.44 bits per heavy atom. The minimum absolute atomic E-state index is 0.0786. The molecule has 0 saturated heterocycles. The first-order valence-electron chi connectivity index (χ1n) is 5.45. The van der Waals surface area contributed by atoms with Gasteiger partial charge in [0.1, 0.15) is 0 Å². The molecule has 0 fully saturated rings. The monoisotopic (exact) mass is 242 g/mol. The van der Waals surface area contributed by atoms with Gasteiger partial charge in [0.15, 0.2) is 0 Å². The normalized spacial score (nSPS) is 14.8. The maximum atomic E-state index is 6.11. The highest BCUT2D eigenvalue weighted by molar-refractivity contribution is 6.31. The van der Waals surface area contributed by atoms with E-state index in [9.17, 15) is 0 Å². The van der Waals surface area contributed by atoms with Crippen LogP contribution in [0.5, 0.6) is 0 Å². The van der Waals surface area contributed by atoms with Crippen molar-refractivity contribution in [2.75, 3.05) is 7.11 Å². The van der Waals surface area contributed by atoms with Crippen LogP contribution in [0.3, 0.4) is 0 Å². The smallest absolute Gasteiger partial charge is 0.0738 e. The minimum Gasteiger partial charge on any atom is -0.380 e. The molecular weight excluding hydrogens is 224 g/mol. The van der Waals surface area contributed by atoms with Gasteiger partial charge in [0, 0.05) is 12.1 Å². The molecule has 0 aliphatic carbocycles. The number of hydrogen-bond acceptors (Lipinski definition) is 3. The van der Waals surface area contributed by atoms with Crippen LogP contribution in [-0.2, 0) is 11.2 Å².